The number of hydrogen-bond acceptors (Lipinski definition) is 5. The highest BCUT2D eigenvalue weighted by molar-refractivity contribution is 5.76. The molecule has 2 unspecified atom stereocenters. The van der Waals surface area contributed by atoms with Gasteiger partial charge in [0.25, 0.3) is 0 Å². The first-order chi connectivity index (χ1) is 37.0. The van der Waals surface area contributed by atoms with Gasteiger partial charge in [-0.05, 0) is 57.8 Å². The second kappa shape index (κ2) is 64.9. The van der Waals surface area contributed by atoms with Crippen LogP contribution in [-0.2, 0) is 14.3 Å². The molecule has 0 saturated heterocycles. The summed E-state index contributed by atoms with van der Waals surface area (Å²) in [4.78, 5) is 24.5. The van der Waals surface area contributed by atoms with E-state index in [-0.39, 0.29) is 18.5 Å². The van der Waals surface area contributed by atoms with Crippen LogP contribution in [0.1, 0.15) is 380 Å². The van der Waals surface area contributed by atoms with Gasteiger partial charge in [-0.3, -0.25) is 9.59 Å². The molecule has 0 aromatic rings. The number of nitrogens with one attached hydrogen (secondary N) is 1. The van der Waals surface area contributed by atoms with E-state index < -0.39 is 12.1 Å². The zero-order chi connectivity index (χ0) is 54.3. The molecule has 6 heteroatoms. The van der Waals surface area contributed by atoms with Crippen molar-refractivity contribution in [2.75, 3.05) is 13.2 Å². The van der Waals surface area contributed by atoms with E-state index in [0.29, 0.717) is 25.9 Å². The summed E-state index contributed by atoms with van der Waals surface area (Å²) in [7, 11) is 0. The number of allylic oxidation sites excluding steroid dienone is 4. The normalized spacial score (nSPS) is 12.6. The monoisotopic (exact) mass is 1060 g/mol. The molecule has 0 aliphatic rings. The fourth-order valence-electron chi connectivity index (χ4n) is 10.8. The maximum absolute atomic E-state index is 12.5. The van der Waals surface area contributed by atoms with E-state index in [1.807, 2.05) is 0 Å². The lowest BCUT2D eigenvalue weighted by Gasteiger charge is -2.22. The molecule has 0 heterocycles. The van der Waals surface area contributed by atoms with Crippen LogP contribution in [0.4, 0.5) is 0 Å². The summed E-state index contributed by atoms with van der Waals surface area (Å²) in [6.07, 6.45) is 80.8. The van der Waals surface area contributed by atoms with Gasteiger partial charge in [0.15, 0.2) is 0 Å². The Morgan fingerprint density at radius 1 is 0.373 bits per heavy atom. The number of rotatable bonds is 64. The minimum absolute atomic E-state index is 0.0133. The van der Waals surface area contributed by atoms with Crippen molar-refractivity contribution in [1.82, 2.24) is 5.32 Å². The van der Waals surface area contributed by atoms with Gasteiger partial charge in [-0.25, -0.2) is 0 Å². The van der Waals surface area contributed by atoms with Gasteiger partial charge in [-0.1, -0.05) is 334 Å². The first-order valence-electron chi connectivity index (χ1n) is 34.1. The molecule has 0 aliphatic heterocycles. The molecule has 0 bridgehead atoms. The number of carbonyl (C=O) groups excluding carboxylic acids is 2. The Balaban J connectivity index is 3.39. The molecule has 6 nitrogen and oxygen atoms in total. The topological polar surface area (TPSA) is 95.9 Å². The van der Waals surface area contributed by atoms with Crippen molar-refractivity contribution in [1.29, 1.82) is 0 Å². The number of unbranched alkanes of at least 4 members (excludes halogenated alkanes) is 49. The number of aliphatic hydroxyl groups is 2. The van der Waals surface area contributed by atoms with E-state index in [4.69, 9.17) is 4.74 Å². The summed E-state index contributed by atoms with van der Waals surface area (Å²) in [6, 6.07) is -0.541. The van der Waals surface area contributed by atoms with Gasteiger partial charge in [-0.15, -0.1) is 0 Å². The standard InChI is InChI=1S/C69H133NO5/c1-3-5-7-9-11-13-15-16-17-35-38-42-45-49-53-57-61-67(72)66(65-71)70-68(73)62-58-54-50-46-43-39-36-33-31-29-27-25-23-21-19-18-20-22-24-26-28-30-32-34-37-40-44-48-52-56-60-64-75-69(74)63-59-55-51-47-41-14-12-10-8-6-4-2/h20,22,26,28,66-67,71-72H,3-19,21,23-25,27,29-65H2,1-2H3,(H,70,73)/b22-20-,28-26-. The molecule has 0 rings (SSSR count). The Bertz CT molecular complexity index is 1170. The molecule has 444 valence electrons. The lowest BCUT2D eigenvalue weighted by molar-refractivity contribution is -0.143. The van der Waals surface area contributed by atoms with E-state index in [1.54, 1.807) is 0 Å². The third kappa shape index (κ3) is 61.4. The van der Waals surface area contributed by atoms with Crippen LogP contribution in [0.25, 0.3) is 0 Å². The van der Waals surface area contributed by atoms with Gasteiger partial charge in [0, 0.05) is 12.8 Å². The molecule has 0 aromatic carbocycles. The molecular formula is C69H133NO5. The molecule has 0 aromatic heterocycles. The third-order valence-corrected chi connectivity index (χ3v) is 16.0. The molecule has 0 fully saturated rings. The van der Waals surface area contributed by atoms with Crippen LogP contribution in [0.5, 0.6) is 0 Å². The Morgan fingerprint density at radius 3 is 1.01 bits per heavy atom. The summed E-state index contributed by atoms with van der Waals surface area (Å²) >= 11 is 0. The fourth-order valence-corrected chi connectivity index (χ4v) is 10.8. The first-order valence-corrected chi connectivity index (χ1v) is 34.1. The largest absolute Gasteiger partial charge is 0.466 e. The van der Waals surface area contributed by atoms with E-state index in [2.05, 4.69) is 43.5 Å². The summed E-state index contributed by atoms with van der Waals surface area (Å²) in [5.41, 5.74) is 0. The summed E-state index contributed by atoms with van der Waals surface area (Å²) in [5.74, 6) is -0.0180. The number of ether oxygens (including phenoxy) is 1. The molecule has 75 heavy (non-hydrogen) atoms. The zero-order valence-electron chi connectivity index (χ0n) is 50.8. The van der Waals surface area contributed by atoms with Crippen LogP contribution in [0, 0.1) is 0 Å². The summed E-state index contributed by atoms with van der Waals surface area (Å²) in [6.45, 7) is 4.98. The number of aliphatic hydroxyl groups excluding tert-OH is 2. The van der Waals surface area contributed by atoms with Crippen molar-refractivity contribution in [3.63, 3.8) is 0 Å². The van der Waals surface area contributed by atoms with E-state index in [1.165, 1.54) is 302 Å². The molecule has 0 radical (unpaired) electrons. The maximum atomic E-state index is 12.5. The van der Waals surface area contributed by atoms with Gasteiger partial charge in [0.05, 0.1) is 25.4 Å². The van der Waals surface area contributed by atoms with E-state index in [0.717, 1.165) is 44.9 Å². The lowest BCUT2D eigenvalue weighted by Crippen LogP contribution is -2.45. The van der Waals surface area contributed by atoms with Gasteiger partial charge in [-0.2, -0.15) is 0 Å². The van der Waals surface area contributed by atoms with Gasteiger partial charge < -0.3 is 20.3 Å². The van der Waals surface area contributed by atoms with E-state index in [9.17, 15) is 19.8 Å². The van der Waals surface area contributed by atoms with Crippen LogP contribution in [0.15, 0.2) is 24.3 Å². The Kier molecular flexibility index (Phi) is 63.4. The smallest absolute Gasteiger partial charge is 0.305 e. The van der Waals surface area contributed by atoms with Crippen LogP contribution in [0.2, 0.25) is 0 Å². The lowest BCUT2D eigenvalue weighted by atomic mass is 10.0. The van der Waals surface area contributed by atoms with Crippen molar-refractivity contribution >= 4 is 11.9 Å². The maximum Gasteiger partial charge on any atom is 0.305 e. The van der Waals surface area contributed by atoms with Crippen molar-refractivity contribution in [3.05, 3.63) is 24.3 Å². The second-order valence-electron chi connectivity index (χ2n) is 23.5. The number of esters is 1. The molecule has 0 saturated carbocycles. The number of carbonyl (C=O) groups is 2. The Morgan fingerprint density at radius 2 is 0.667 bits per heavy atom. The van der Waals surface area contributed by atoms with Gasteiger partial charge in [0.1, 0.15) is 0 Å². The summed E-state index contributed by atoms with van der Waals surface area (Å²) in [5, 5.41) is 23.3. The summed E-state index contributed by atoms with van der Waals surface area (Å²) < 4.78 is 5.47. The van der Waals surface area contributed by atoms with Crippen molar-refractivity contribution in [2.24, 2.45) is 0 Å². The molecule has 0 spiro atoms. The van der Waals surface area contributed by atoms with Gasteiger partial charge >= 0.3 is 5.97 Å². The molecule has 0 aliphatic carbocycles. The number of amides is 1. The van der Waals surface area contributed by atoms with Crippen molar-refractivity contribution in [2.45, 2.75) is 392 Å². The average molecular weight is 1060 g/mol. The Hall–Kier alpha value is -1.66. The highest BCUT2D eigenvalue weighted by Crippen LogP contribution is 2.18. The predicted octanol–water partition coefficient (Wildman–Crippen LogP) is 21.8. The van der Waals surface area contributed by atoms with Crippen LogP contribution in [0.3, 0.4) is 0 Å². The molecular weight excluding hydrogens is 923 g/mol. The van der Waals surface area contributed by atoms with Crippen LogP contribution >= 0.6 is 0 Å². The highest BCUT2D eigenvalue weighted by Gasteiger charge is 2.20. The average Bonchev–Trinajstić information content (AvgIpc) is 3.41. The fraction of sp³-hybridized carbons (Fsp3) is 0.913. The minimum atomic E-state index is -0.663. The first kappa shape index (κ1) is 73.3. The van der Waals surface area contributed by atoms with Gasteiger partial charge in [0.2, 0.25) is 5.91 Å². The Labute approximate surface area is 469 Å². The minimum Gasteiger partial charge on any atom is -0.466 e. The quantitative estimate of drug-likeness (QED) is 0.0320. The number of hydrogen-bond donors (Lipinski definition) is 3. The van der Waals surface area contributed by atoms with E-state index >= 15 is 0 Å². The zero-order valence-corrected chi connectivity index (χ0v) is 50.8. The van der Waals surface area contributed by atoms with Crippen LogP contribution in [-0.4, -0.2) is 47.4 Å². The van der Waals surface area contributed by atoms with Crippen LogP contribution < -0.4 is 5.32 Å². The van der Waals surface area contributed by atoms with Crippen molar-refractivity contribution in [3.8, 4) is 0 Å². The SMILES string of the molecule is CCCCCCCCCCCCCCCCCCC(O)C(CO)NC(=O)CCCCCCCCCCCCCCCCC/C=C\C/C=C\CCCCCCCCCCCOC(=O)CCCCCCCCCCCCC. The van der Waals surface area contributed by atoms with Crippen molar-refractivity contribution < 1.29 is 24.5 Å². The molecule has 3 N–H and O–H groups in total. The highest BCUT2D eigenvalue weighted by atomic mass is 16.5. The third-order valence-electron chi connectivity index (χ3n) is 16.0. The predicted molar refractivity (Wildman–Crippen MR) is 329 cm³/mol. The molecule has 1 amide bonds. The second-order valence-corrected chi connectivity index (χ2v) is 23.5. The molecule has 2 atom stereocenters.